The number of amides is 2. The lowest BCUT2D eigenvalue weighted by Crippen LogP contribution is -2.43. The predicted octanol–water partition coefficient (Wildman–Crippen LogP) is 1.68. The molecule has 2 amide bonds. The number of hydrogen-bond acceptors (Lipinski definition) is 4. The number of benzene rings is 1. The molecule has 0 bridgehead atoms. The normalized spacial score (nSPS) is 10.4. The van der Waals surface area contributed by atoms with Crippen molar-refractivity contribution in [2.24, 2.45) is 0 Å². The predicted molar refractivity (Wildman–Crippen MR) is 93.9 cm³/mol. The Bertz CT molecular complexity index is 740. The number of carbonyl (C=O) groups excluding carboxylic acids is 2. The van der Waals surface area contributed by atoms with Gasteiger partial charge in [-0.2, -0.15) is 5.10 Å². The van der Waals surface area contributed by atoms with Crippen LogP contribution < -0.4 is 15.6 Å². The summed E-state index contributed by atoms with van der Waals surface area (Å²) in [5, 5.41) is 4.21. The number of rotatable bonds is 7. The lowest BCUT2D eigenvalue weighted by Gasteiger charge is -2.11. The van der Waals surface area contributed by atoms with E-state index in [4.69, 9.17) is 4.74 Å². The van der Waals surface area contributed by atoms with Crippen LogP contribution in [0.3, 0.4) is 0 Å². The second-order valence-corrected chi connectivity index (χ2v) is 5.72. The van der Waals surface area contributed by atoms with Crippen LogP contribution in [-0.4, -0.2) is 28.2 Å². The second kappa shape index (κ2) is 8.86. The fraction of sp³-hybridized carbons (Fsp3) is 0.389. The first-order chi connectivity index (χ1) is 12.0. The number of nitrogens with one attached hydrogen (secondary N) is 2. The Morgan fingerprint density at radius 1 is 1.16 bits per heavy atom. The smallest absolute Gasteiger partial charge is 0.260 e. The number of para-hydroxylation sites is 1. The molecule has 7 nitrogen and oxygen atoms in total. The Hall–Kier alpha value is -2.83. The standard InChI is InChI=1S/C18H24N4O3/c1-4-25-16-8-6-5-7-15(16)9-10-17(23)19-20-18(24)12-22-14(3)11-13(2)21-22/h5-8,11H,4,9-10,12H2,1-3H3,(H,19,23)(H,20,24). The maximum Gasteiger partial charge on any atom is 0.260 e. The number of aromatic nitrogens is 2. The molecule has 1 aromatic carbocycles. The van der Waals surface area contributed by atoms with Crippen molar-refractivity contribution in [1.29, 1.82) is 0 Å². The summed E-state index contributed by atoms with van der Waals surface area (Å²) in [5.41, 5.74) is 7.55. The molecule has 1 aromatic heterocycles. The van der Waals surface area contributed by atoms with E-state index in [0.717, 1.165) is 22.7 Å². The molecule has 2 rings (SSSR count). The highest BCUT2D eigenvalue weighted by Crippen LogP contribution is 2.19. The van der Waals surface area contributed by atoms with E-state index in [1.807, 2.05) is 51.1 Å². The fourth-order valence-corrected chi connectivity index (χ4v) is 2.47. The van der Waals surface area contributed by atoms with Gasteiger partial charge in [0, 0.05) is 12.1 Å². The lowest BCUT2D eigenvalue weighted by atomic mass is 10.1. The summed E-state index contributed by atoms with van der Waals surface area (Å²) in [6, 6.07) is 9.51. The molecule has 0 aliphatic rings. The maximum absolute atomic E-state index is 11.9. The summed E-state index contributed by atoms with van der Waals surface area (Å²) < 4.78 is 7.13. The average molecular weight is 344 g/mol. The lowest BCUT2D eigenvalue weighted by molar-refractivity contribution is -0.129. The molecule has 25 heavy (non-hydrogen) atoms. The highest BCUT2D eigenvalue weighted by atomic mass is 16.5. The molecule has 1 heterocycles. The summed E-state index contributed by atoms with van der Waals surface area (Å²) in [7, 11) is 0. The minimum absolute atomic E-state index is 0.0626. The molecule has 0 fully saturated rings. The van der Waals surface area contributed by atoms with Crippen molar-refractivity contribution in [2.75, 3.05) is 6.61 Å². The Morgan fingerprint density at radius 2 is 1.88 bits per heavy atom. The molecule has 0 saturated carbocycles. The molecule has 0 saturated heterocycles. The first-order valence-electron chi connectivity index (χ1n) is 8.29. The van der Waals surface area contributed by atoms with Crippen LogP contribution >= 0.6 is 0 Å². The van der Waals surface area contributed by atoms with E-state index in [0.29, 0.717) is 13.0 Å². The third-order valence-corrected chi connectivity index (χ3v) is 3.63. The topological polar surface area (TPSA) is 85.3 Å². The first kappa shape index (κ1) is 18.5. The molecule has 134 valence electrons. The molecule has 2 aromatic rings. The Labute approximate surface area is 147 Å². The van der Waals surface area contributed by atoms with Crippen molar-refractivity contribution >= 4 is 11.8 Å². The Balaban J connectivity index is 1.77. The second-order valence-electron chi connectivity index (χ2n) is 5.72. The molecule has 0 atom stereocenters. The van der Waals surface area contributed by atoms with Gasteiger partial charge in [-0.05, 0) is 44.9 Å². The van der Waals surface area contributed by atoms with Crippen molar-refractivity contribution in [3.63, 3.8) is 0 Å². The van der Waals surface area contributed by atoms with Crippen LogP contribution in [0.25, 0.3) is 0 Å². The van der Waals surface area contributed by atoms with Crippen LogP contribution in [0.1, 0.15) is 30.3 Å². The van der Waals surface area contributed by atoms with Gasteiger partial charge in [-0.15, -0.1) is 0 Å². The minimum Gasteiger partial charge on any atom is -0.494 e. The molecular weight excluding hydrogens is 320 g/mol. The summed E-state index contributed by atoms with van der Waals surface area (Å²) in [6.45, 7) is 6.30. The largest absolute Gasteiger partial charge is 0.494 e. The van der Waals surface area contributed by atoms with Crippen LogP contribution in [0.4, 0.5) is 0 Å². The average Bonchev–Trinajstić information content (AvgIpc) is 2.89. The molecular formula is C18H24N4O3. The van der Waals surface area contributed by atoms with Crippen LogP contribution in [0.2, 0.25) is 0 Å². The van der Waals surface area contributed by atoms with Gasteiger partial charge in [0.2, 0.25) is 5.91 Å². The third-order valence-electron chi connectivity index (χ3n) is 3.63. The quantitative estimate of drug-likeness (QED) is 0.749. The number of carbonyl (C=O) groups is 2. The van der Waals surface area contributed by atoms with Gasteiger partial charge < -0.3 is 4.74 Å². The van der Waals surface area contributed by atoms with Gasteiger partial charge in [0.05, 0.1) is 12.3 Å². The zero-order valence-corrected chi connectivity index (χ0v) is 14.8. The van der Waals surface area contributed by atoms with Gasteiger partial charge in [0.1, 0.15) is 12.3 Å². The number of hydrogen-bond donors (Lipinski definition) is 2. The van der Waals surface area contributed by atoms with Gasteiger partial charge >= 0.3 is 0 Å². The van der Waals surface area contributed by atoms with E-state index in [-0.39, 0.29) is 24.8 Å². The van der Waals surface area contributed by atoms with E-state index in [9.17, 15) is 9.59 Å². The van der Waals surface area contributed by atoms with E-state index >= 15 is 0 Å². The third kappa shape index (κ3) is 5.63. The Kier molecular flexibility index (Phi) is 6.56. The SMILES string of the molecule is CCOc1ccccc1CCC(=O)NNC(=O)Cn1nc(C)cc1C. The monoisotopic (exact) mass is 344 g/mol. The van der Waals surface area contributed by atoms with Crippen molar-refractivity contribution < 1.29 is 14.3 Å². The van der Waals surface area contributed by atoms with Gasteiger partial charge in [0.15, 0.2) is 0 Å². The molecule has 0 radical (unpaired) electrons. The van der Waals surface area contributed by atoms with Crippen molar-refractivity contribution in [1.82, 2.24) is 20.6 Å². The fourth-order valence-electron chi connectivity index (χ4n) is 2.47. The summed E-state index contributed by atoms with van der Waals surface area (Å²) >= 11 is 0. The zero-order chi connectivity index (χ0) is 18.2. The van der Waals surface area contributed by atoms with E-state index in [1.165, 1.54) is 0 Å². The number of nitrogens with zero attached hydrogens (tertiary/aromatic N) is 2. The van der Waals surface area contributed by atoms with Gasteiger partial charge in [-0.1, -0.05) is 18.2 Å². The van der Waals surface area contributed by atoms with Crippen LogP contribution in [0, 0.1) is 13.8 Å². The van der Waals surface area contributed by atoms with E-state index in [2.05, 4.69) is 16.0 Å². The van der Waals surface area contributed by atoms with Gasteiger partial charge in [-0.25, -0.2) is 0 Å². The number of aryl methyl sites for hydroxylation is 3. The number of hydrazine groups is 1. The molecule has 0 unspecified atom stereocenters. The molecule has 0 spiro atoms. The summed E-state index contributed by atoms with van der Waals surface area (Å²) in [5.74, 6) is 0.202. The summed E-state index contributed by atoms with van der Waals surface area (Å²) in [4.78, 5) is 23.8. The van der Waals surface area contributed by atoms with E-state index in [1.54, 1.807) is 4.68 Å². The van der Waals surface area contributed by atoms with Crippen molar-refractivity contribution in [3.8, 4) is 5.75 Å². The highest BCUT2D eigenvalue weighted by Gasteiger charge is 2.10. The minimum atomic E-state index is -0.325. The molecule has 2 N–H and O–H groups in total. The Morgan fingerprint density at radius 3 is 2.56 bits per heavy atom. The zero-order valence-electron chi connectivity index (χ0n) is 14.8. The van der Waals surface area contributed by atoms with E-state index < -0.39 is 0 Å². The summed E-state index contributed by atoms with van der Waals surface area (Å²) in [6.07, 6.45) is 0.791. The van der Waals surface area contributed by atoms with Crippen LogP contribution in [0.15, 0.2) is 30.3 Å². The van der Waals surface area contributed by atoms with Gasteiger partial charge in [0.25, 0.3) is 5.91 Å². The molecule has 0 aliphatic carbocycles. The number of ether oxygens (including phenoxy) is 1. The molecule has 7 heteroatoms. The maximum atomic E-state index is 11.9. The van der Waals surface area contributed by atoms with Crippen molar-refractivity contribution in [2.45, 2.75) is 40.2 Å². The highest BCUT2D eigenvalue weighted by molar-refractivity contribution is 5.82. The van der Waals surface area contributed by atoms with Crippen LogP contribution in [-0.2, 0) is 22.6 Å². The van der Waals surface area contributed by atoms with Crippen LogP contribution in [0.5, 0.6) is 5.75 Å². The van der Waals surface area contributed by atoms with Gasteiger partial charge in [-0.3, -0.25) is 25.1 Å². The first-order valence-corrected chi connectivity index (χ1v) is 8.29. The molecule has 0 aliphatic heterocycles. The van der Waals surface area contributed by atoms with Crippen molar-refractivity contribution in [3.05, 3.63) is 47.3 Å².